The molecule has 1 saturated heterocycles. The number of nitrogens with zero attached hydrogens (tertiary/aromatic N) is 2. The maximum atomic E-state index is 12.9. The Morgan fingerprint density at radius 3 is 2.50 bits per heavy atom. The normalized spacial score (nSPS) is 23.5. The predicted octanol–water partition coefficient (Wildman–Crippen LogP) is 0.880. The van der Waals surface area contributed by atoms with Crippen LogP contribution in [0.3, 0.4) is 0 Å². The summed E-state index contributed by atoms with van der Waals surface area (Å²) in [5.41, 5.74) is 2.19. The van der Waals surface area contributed by atoms with Crippen LogP contribution in [0.15, 0.2) is 24.3 Å². The number of nitrogens with two attached hydrogens (primary N) is 1. The Kier molecular flexibility index (Phi) is 3.96. The lowest BCUT2D eigenvalue weighted by atomic mass is 9.96. The third-order valence-corrected chi connectivity index (χ3v) is 5.69. The average molecular weight is 323 g/mol. The van der Waals surface area contributed by atoms with Gasteiger partial charge in [-0.3, -0.25) is 4.79 Å². The molecule has 1 atom stereocenters. The van der Waals surface area contributed by atoms with E-state index in [1.165, 1.54) is 9.87 Å². The van der Waals surface area contributed by atoms with Crippen molar-refractivity contribution in [1.82, 2.24) is 4.31 Å². The number of carbonyl (C=O) groups excluding carboxylic acids is 1. The molecular formula is C15H21N3O3S. The van der Waals surface area contributed by atoms with E-state index >= 15 is 0 Å². The Balaban J connectivity index is 1.73. The molecule has 0 saturated carbocycles. The average Bonchev–Trinajstić information content (AvgIpc) is 2.81. The molecule has 0 bridgehead atoms. The maximum Gasteiger partial charge on any atom is 0.276 e. The number of para-hydroxylation sites is 1. The summed E-state index contributed by atoms with van der Waals surface area (Å²) in [4.78, 5) is 14.7. The molecule has 2 aliphatic rings. The zero-order valence-corrected chi connectivity index (χ0v) is 13.4. The lowest BCUT2D eigenvalue weighted by molar-refractivity contribution is -0.123. The van der Waals surface area contributed by atoms with Gasteiger partial charge in [-0.25, -0.2) is 5.14 Å². The van der Waals surface area contributed by atoms with Crippen molar-refractivity contribution >= 4 is 21.8 Å². The fourth-order valence-electron chi connectivity index (χ4n) is 3.46. The van der Waals surface area contributed by atoms with Crippen LogP contribution >= 0.6 is 0 Å². The van der Waals surface area contributed by atoms with Crippen molar-refractivity contribution in [3.63, 3.8) is 0 Å². The van der Waals surface area contributed by atoms with Crippen LogP contribution in [0.4, 0.5) is 5.69 Å². The van der Waals surface area contributed by atoms with Gasteiger partial charge in [0.2, 0.25) is 5.91 Å². The number of benzene rings is 1. The molecule has 7 heteroatoms. The number of anilines is 1. The van der Waals surface area contributed by atoms with Crippen molar-refractivity contribution < 1.29 is 13.2 Å². The molecule has 22 heavy (non-hydrogen) atoms. The van der Waals surface area contributed by atoms with E-state index in [9.17, 15) is 13.2 Å². The second-order valence-electron chi connectivity index (χ2n) is 6.11. The second-order valence-corrected chi connectivity index (χ2v) is 7.65. The Bertz CT molecular complexity index is 681. The zero-order valence-electron chi connectivity index (χ0n) is 12.6. The first-order chi connectivity index (χ1) is 10.4. The fraction of sp³-hybridized carbons (Fsp3) is 0.533. The molecule has 0 unspecified atom stereocenters. The molecule has 1 aromatic rings. The molecule has 0 aliphatic carbocycles. The summed E-state index contributed by atoms with van der Waals surface area (Å²) in [5.74, 6) is -0.0295. The van der Waals surface area contributed by atoms with Crippen LogP contribution in [0.25, 0.3) is 0 Å². The van der Waals surface area contributed by atoms with Gasteiger partial charge in [-0.2, -0.15) is 12.7 Å². The van der Waals surface area contributed by atoms with Crippen molar-refractivity contribution in [2.45, 2.75) is 32.2 Å². The third-order valence-electron chi connectivity index (χ3n) is 4.61. The first-order valence-corrected chi connectivity index (χ1v) is 9.07. The number of rotatable bonds is 2. The van der Waals surface area contributed by atoms with Gasteiger partial charge in [0.1, 0.15) is 0 Å². The molecule has 1 aromatic carbocycles. The van der Waals surface area contributed by atoms with Crippen LogP contribution in [-0.4, -0.2) is 37.8 Å². The van der Waals surface area contributed by atoms with Gasteiger partial charge in [0.05, 0.1) is 0 Å². The number of hydrogen-bond acceptors (Lipinski definition) is 3. The van der Waals surface area contributed by atoms with E-state index in [1.807, 2.05) is 23.1 Å². The van der Waals surface area contributed by atoms with E-state index in [1.54, 1.807) is 0 Å². The number of piperidine rings is 1. The molecule has 1 fully saturated rings. The first kappa shape index (κ1) is 15.5. The highest BCUT2D eigenvalue weighted by Gasteiger charge is 2.37. The predicted molar refractivity (Wildman–Crippen MR) is 84.5 cm³/mol. The van der Waals surface area contributed by atoms with Crippen molar-refractivity contribution in [3.8, 4) is 0 Å². The highest BCUT2D eigenvalue weighted by Crippen LogP contribution is 2.34. The summed E-state index contributed by atoms with van der Waals surface area (Å²) in [7, 11) is -3.65. The van der Waals surface area contributed by atoms with Crippen LogP contribution < -0.4 is 10.0 Å². The van der Waals surface area contributed by atoms with Gasteiger partial charge in [0.25, 0.3) is 10.2 Å². The van der Waals surface area contributed by atoms with E-state index in [0.29, 0.717) is 25.9 Å². The molecule has 2 aliphatic heterocycles. The minimum absolute atomic E-state index is 0.103. The lowest BCUT2D eigenvalue weighted by Gasteiger charge is -2.33. The van der Waals surface area contributed by atoms with Crippen molar-refractivity contribution in [2.24, 2.45) is 11.1 Å². The summed E-state index contributed by atoms with van der Waals surface area (Å²) >= 11 is 0. The van der Waals surface area contributed by atoms with Crippen LogP contribution in [0.5, 0.6) is 0 Å². The maximum absolute atomic E-state index is 12.9. The van der Waals surface area contributed by atoms with Gasteiger partial charge in [-0.1, -0.05) is 18.2 Å². The van der Waals surface area contributed by atoms with Crippen LogP contribution in [0.1, 0.15) is 25.3 Å². The molecule has 0 radical (unpaired) electrons. The Labute approximate surface area is 131 Å². The highest BCUT2D eigenvalue weighted by atomic mass is 32.2. The molecule has 0 spiro atoms. The van der Waals surface area contributed by atoms with E-state index < -0.39 is 10.2 Å². The topological polar surface area (TPSA) is 83.7 Å². The Hall–Kier alpha value is -1.44. The summed E-state index contributed by atoms with van der Waals surface area (Å²) in [5, 5.41) is 5.14. The summed E-state index contributed by atoms with van der Waals surface area (Å²) < 4.78 is 23.9. The number of hydrogen-bond donors (Lipinski definition) is 1. The van der Waals surface area contributed by atoms with Crippen molar-refractivity contribution in [3.05, 3.63) is 29.8 Å². The summed E-state index contributed by atoms with van der Waals surface area (Å²) in [6, 6.07) is 8.13. The Morgan fingerprint density at radius 2 is 1.86 bits per heavy atom. The Morgan fingerprint density at radius 1 is 1.23 bits per heavy atom. The van der Waals surface area contributed by atoms with Gasteiger partial charge in [-0.05, 0) is 37.8 Å². The molecule has 3 rings (SSSR count). The van der Waals surface area contributed by atoms with Gasteiger partial charge in [0.15, 0.2) is 0 Å². The van der Waals surface area contributed by atoms with Crippen LogP contribution in [0, 0.1) is 5.92 Å². The standard InChI is InChI=1S/C15H21N3O3S/c1-11-10-13-4-2-3-5-14(13)18(11)15(19)12-6-8-17(9-7-12)22(16,20)21/h2-5,11-12H,6-10H2,1H3,(H2,16,20,21)/t11-/m0/s1. The number of carbonyl (C=O) groups is 1. The van der Waals surface area contributed by atoms with Crippen molar-refractivity contribution in [1.29, 1.82) is 0 Å². The lowest BCUT2D eigenvalue weighted by Crippen LogP contribution is -2.47. The zero-order chi connectivity index (χ0) is 15.9. The second kappa shape index (κ2) is 5.64. The molecule has 120 valence electrons. The van der Waals surface area contributed by atoms with Crippen LogP contribution in [-0.2, 0) is 21.4 Å². The van der Waals surface area contributed by atoms with Gasteiger partial charge in [0, 0.05) is 30.7 Å². The largest absolute Gasteiger partial charge is 0.309 e. The molecule has 2 heterocycles. The van der Waals surface area contributed by atoms with E-state index in [4.69, 9.17) is 5.14 Å². The third kappa shape index (κ3) is 2.76. The molecule has 0 aromatic heterocycles. The van der Waals surface area contributed by atoms with Gasteiger partial charge < -0.3 is 4.90 Å². The van der Waals surface area contributed by atoms with Gasteiger partial charge in [-0.15, -0.1) is 0 Å². The van der Waals surface area contributed by atoms with E-state index in [-0.39, 0.29) is 17.9 Å². The summed E-state index contributed by atoms with van der Waals surface area (Å²) in [6.07, 6.45) is 1.93. The smallest absolute Gasteiger partial charge is 0.276 e. The molecule has 1 amide bonds. The minimum atomic E-state index is -3.65. The van der Waals surface area contributed by atoms with E-state index in [0.717, 1.165) is 12.1 Å². The monoisotopic (exact) mass is 323 g/mol. The summed E-state index contributed by atoms with van der Waals surface area (Å²) in [6.45, 7) is 2.69. The quantitative estimate of drug-likeness (QED) is 0.877. The highest BCUT2D eigenvalue weighted by molar-refractivity contribution is 7.86. The van der Waals surface area contributed by atoms with Crippen LogP contribution in [0.2, 0.25) is 0 Å². The number of fused-ring (bicyclic) bond motifs is 1. The van der Waals surface area contributed by atoms with E-state index in [2.05, 4.69) is 13.0 Å². The molecular weight excluding hydrogens is 302 g/mol. The van der Waals surface area contributed by atoms with Crippen molar-refractivity contribution in [2.75, 3.05) is 18.0 Å². The fourth-order valence-corrected chi connectivity index (χ4v) is 4.18. The minimum Gasteiger partial charge on any atom is -0.309 e. The number of amides is 1. The SMILES string of the molecule is C[C@H]1Cc2ccccc2N1C(=O)C1CCN(S(N)(=O)=O)CC1. The molecule has 2 N–H and O–H groups in total. The van der Waals surface area contributed by atoms with Gasteiger partial charge >= 0.3 is 0 Å². The first-order valence-electron chi connectivity index (χ1n) is 7.57. The molecule has 6 nitrogen and oxygen atoms in total.